The number of rotatable bonds is 11. The number of anilines is 1. The molecule has 0 aliphatic carbocycles. The van der Waals surface area contributed by atoms with Gasteiger partial charge >= 0.3 is 5.97 Å². The molecule has 0 bridgehead atoms. The van der Waals surface area contributed by atoms with Crippen LogP contribution >= 0.6 is 0 Å². The summed E-state index contributed by atoms with van der Waals surface area (Å²) in [6.45, 7) is 6.63. The highest BCUT2D eigenvalue weighted by Gasteiger charge is 2.25. The predicted molar refractivity (Wildman–Crippen MR) is 161 cm³/mol. The molecule has 0 saturated carbocycles. The SMILES string of the molecule is CNCC(=O)N(C)CC(=O)OCCC(C)CC(=O)N1CCN(c2nc(-c3ccccc3O)nc3cc(C)ccc23)CC1. The van der Waals surface area contributed by atoms with E-state index in [-0.39, 0.29) is 43.2 Å². The van der Waals surface area contributed by atoms with Gasteiger partial charge in [-0.3, -0.25) is 14.4 Å². The Morgan fingerprint density at radius 2 is 1.83 bits per heavy atom. The molecular formula is C31H40N6O5. The summed E-state index contributed by atoms with van der Waals surface area (Å²) in [5.41, 5.74) is 2.47. The summed E-state index contributed by atoms with van der Waals surface area (Å²) in [6, 6.07) is 13.1. The standard InChI is InChI=1S/C31H40N6O5/c1-21-9-10-23-25(17-21)33-30(24-7-5-6-8-26(24)38)34-31(23)37-14-12-36(13-15-37)27(39)18-22(2)11-16-42-29(41)20-35(4)28(40)19-32-3/h5-10,17,22,32,38H,11-16,18-20H2,1-4H3. The van der Waals surface area contributed by atoms with Crippen LogP contribution in [-0.4, -0.2) is 103 Å². The van der Waals surface area contributed by atoms with E-state index in [4.69, 9.17) is 14.7 Å². The molecule has 1 fully saturated rings. The van der Waals surface area contributed by atoms with Crippen molar-refractivity contribution in [2.75, 3.05) is 64.9 Å². The molecule has 3 aromatic rings. The highest BCUT2D eigenvalue weighted by atomic mass is 16.5. The van der Waals surface area contributed by atoms with Crippen molar-refractivity contribution in [3.05, 3.63) is 48.0 Å². The molecule has 2 amide bonds. The van der Waals surface area contributed by atoms with Crippen LogP contribution in [-0.2, 0) is 19.1 Å². The van der Waals surface area contributed by atoms with Gasteiger partial charge < -0.3 is 29.9 Å². The molecule has 0 spiro atoms. The number of phenols is 1. The number of likely N-dealkylation sites (N-methyl/N-ethyl adjacent to an activating group) is 2. The number of carbonyl (C=O) groups is 3. The van der Waals surface area contributed by atoms with E-state index < -0.39 is 5.97 Å². The summed E-state index contributed by atoms with van der Waals surface area (Å²) in [5, 5.41) is 14.1. The van der Waals surface area contributed by atoms with Crippen LogP contribution in [0.3, 0.4) is 0 Å². The Balaban J connectivity index is 1.32. The number of aromatic nitrogens is 2. The topological polar surface area (TPSA) is 128 Å². The van der Waals surface area contributed by atoms with E-state index in [9.17, 15) is 19.5 Å². The number of hydrogen-bond donors (Lipinski definition) is 2. The highest BCUT2D eigenvalue weighted by molar-refractivity contribution is 5.92. The molecule has 1 saturated heterocycles. The normalized spacial score (nSPS) is 14.1. The van der Waals surface area contributed by atoms with E-state index in [1.165, 1.54) is 4.90 Å². The van der Waals surface area contributed by atoms with Gasteiger partial charge in [-0.15, -0.1) is 0 Å². The van der Waals surface area contributed by atoms with Gasteiger partial charge in [0.15, 0.2) is 5.82 Å². The van der Waals surface area contributed by atoms with Crippen LogP contribution in [0, 0.1) is 12.8 Å². The number of esters is 1. The van der Waals surface area contributed by atoms with E-state index in [0.29, 0.717) is 50.4 Å². The number of nitrogens with one attached hydrogen (secondary N) is 1. The maximum Gasteiger partial charge on any atom is 0.325 e. The second kappa shape index (κ2) is 14.1. The second-order valence-corrected chi connectivity index (χ2v) is 10.9. The fourth-order valence-electron chi connectivity index (χ4n) is 4.93. The van der Waals surface area contributed by atoms with Crippen molar-refractivity contribution < 1.29 is 24.2 Å². The van der Waals surface area contributed by atoms with Crippen LogP contribution < -0.4 is 10.2 Å². The lowest BCUT2D eigenvalue weighted by atomic mass is 10.0. The van der Waals surface area contributed by atoms with Crippen LogP contribution in [0.15, 0.2) is 42.5 Å². The third kappa shape index (κ3) is 7.73. The zero-order valence-electron chi connectivity index (χ0n) is 24.8. The lowest BCUT2D eigenvalue weighted by Gasteiger charge is -2.36. The van der Waals surface area contributed by atoms with Crippen molar-refractivity contribution >= 4 is 34.5 Å². The van der Waals surface area contributed by atoms with Gasteiger partial charge in [-0.1, -0.05) is 25.1 Å². The van der Waals surface area contributed by atoms with E-state index in [2.05, 4.69) is 10.2 Å². The number of ether oxygens (including phenoxy) is 1. The molecule has 1 unspecified atom stereocenters. The molecule has 11 heteroatoms. The summed E-state index contributed by atoms with van der Waals surface area (Å²) < 4.78 is 5.28. The van der Waals surface area contributed by atoms with E-state index in [0.717, 1.165) is 22.3 Å². The maximum absolute atomic E-state index is 13.1. The molecule has 1 aliphatic heterocycles. The zero-order chi connectivity index (χ0) is 30.2. The molecule has 4 rings (SSSR count). The van der Waals surface area contributed by atoms with Crippen LogP contribution in [0.1, 0.15) is 25.3 Å². The molecule has 2 aromatic carbocycles. The number of piperazine rings is 1. The first-order valence-electron chi connectivity index (χ1n) is 14.3. The molecule has 0 radical (unpaired) electrons. The first kappa shape index (κ1) is 30.7. The minimum atomic E-state index is -0.463. The number of nitrogens with zero attached hydrogens (tertiary/aromatic N) is 5. The zero-order valence-corrected chi connectivity index (χ0v) is 24.8. The summed E-state index contributed by atoms with van der Waals surface area (Å²) in [4.78, 5) is 51.9. The van der Waals surface area contributed by atoms with Gasteiger partial charge in [0, 0.05) is 45.0 Å². The first-order valence-corrected chi connectivity index (χ1v) is 14.3. The largest absolute Gasteiger partial charge is 0.507 e. The second-order valence-electron chi connectivity index (χ2n) is 10.9. The van der Waals surface area contributed by atoms with Crippen molar-refractivity contribution in [2.24, 2.45) is 5.92 Å². The lowest BCUT2D eigenvalue weighted by molar-refractivity contribution is -0.148. The number of benzene rings is 2. The third-order valence-corrected chi connectivity index (χ3v) is 7.43. The third-order valence-electron chi connectivity index (χ3n) is 7.43. The van der Waals surface area contributed by atoms with Gasteiger partial charge in [0.1, 0.15) is 18.1 Å². The Bertz CT molecular complexity index is 1420. The van der Waals surface area contributed by atoms with Crippen LogP contribution in [0.4, 0.5) is 5.82 Å². The smallest absolute Gasteiger partial charge is 0.325 e. The fraction of sp³-hybridized carbons (Fsp3) is 0.452. The Hall–Kier alpha value is -4.25. The van der Waals surface area contributed by atoms with Crippen LogP contribution in [0.25, 0.3) is 22.3 Å². The van der Waals surface area contributed by atoms with Crippen molar-refractivity contribution in [3.8, 4) is 17.1 Å². The molecule has 42 heavy (non-hydrogen) atoms. The van der Waals surface area contributed by atoms with Gasteiger partial charge in [-0.05, 0) is 56.1 Å². The number of fused-ring (bicyclic) bond motifs is 1. The predicted octanol–water partition coefficient (Wildman–Crippen LogP) is 2.60. The van der Waals surface area contributed by atoms with Crippen molar-refractivity contribution in [3.63, 3.8) is 0 Å². The van der Waals surface area contributed by atoms with Gasteiger partial charge in [-0.2, -0.15) is 0 Å². The summed E-state index contributed by atoms with van der Waals surface area (Å²) in [7, 11) is 3.23. The minimum absolute atomic E-state index is 0.0436. The number of para-hydroxylation sites is 1. The first-order chi connectivity index (χ1) is 20.2. The molecule has 2 N–H and O–H groups in total. The number of hydrogen-bond acceptors (Lipinski definition) is 9. The molecular weight excluding hydrogens is 536 g/mol. The Morgan fingerprint density at radius 3 is 2.55 bits per heavy atom. The van der Waals surface area contributed by atoms with Crippen LogP contribution in [0.5, 0.6) is 5.75 Å². The van der Waals surface area contributed by atoms with Gasteiger partial charge in [-0.25, -0.2) is 9.97 Å². The minimum Gasteiger partial charge on any atom is -0.507 e. The Kier molecular flexibility index (Phi) is 10.3. The van der Waals surface area contributed by atoms with Crippen molar-refractivity contribution in [1.82, 2.24) is 25.1 Å². The number of aryl methyl sites for hydroxylation is 1. The summed E-state index contributed by atoms with van der Waals surface area (Å²) in [6.07, 6.45) is 0.929. The van der Waals surface area contributed by atoms with Gasteiger partial charge in [0.25, 0.3) is 0 Å². The lowest BCUT2D eigenvalue weighted by Crippen LogP contribution is -2.49. The van der Waals surface area contributed by atoms with E-state index in [1.54, 1.807) is 32.3 Å². The molecule has 1 atom stereocenters. The molecule has 1 aliphatic rings. The molecule has 2 heterocycles. The van der Waals surface area contributed by atoms with Crippen molar-refractivity contribution in [1.29, 1.82) is 0 Å². The summed E-state index contributed by atoms with van der Waals surface area (Å²) >= 11 is 0. The number of aromatic hydroxyl groups is 1. The van der Waals surface area contributed by atoms with Crippen molar-refractivity contribution in [2.45, 2.75) is 26.7 Å². The Labute approximate surface area is 246 Å². The Morgan fingerprint density at radius 1 is 1.10 bits per heavy atom. The average Bonchev–Trinajstić information content (AvgIpc) is 2.96. The molecule has 224 valence electrons. The number of phenolic OH excluding ortho intramolecular Hbond substituents is 1. The van der Waals surface area contributed by atoms with E-state index >= 15 is 0 Å². The van der Waals surface area contributed by atoms with Gasteiger partial charge in [0.05, 0.1) is 24.2 Å². The molecule has 1 aromatic heterocycles. The highest BCUT2D eigenvalue weighted by Crippen LogP contribution is 2.32. The van der Waals surface area contributed by atoms with Gasteiger partial charge in [0.2, 0.25) is 11.8 Å². The monoisotopic (exact) mass is 576 g/mol. The number of carbonyl (C=O) groups excluding carboxylic acids is 3. The maximum atomic E-state index is 13.1. The van der Waals surface area contributed by atoms with Crippen LogP contribution in [0.2, 0.25) is 0 Å². The molecule has 11 nitrogen and oxygen atoms in total. The average molecular weight is 577 g/mol. The fourth-order valence-corrected chi connectivity index (χ4v) is 4.93. The van der Waals surface area contributed by atoms with E-state index in [1.807, 2.05) is 43.0 Å². The quantitative estimate of drug-likeness (QED) is 0.331. The summed E-state index contributed by atoms with van der Waals surface area (Å²) in [5.74, 6) is 0.846. The number of amides is 2.